The summed E-state index contributed by atoms with van der Waals surface area (Å²) in [4.78, 5) is 26.5. The Balaban J connectivity index is 1.29. The molecule has 0 spiro atoms. The van der Waals surface area contributed by atoms with Crippen molar-refractivity contribution in [3.63, 3.8) is 0 Å². The van der Waals surface area contributed by atoms with E-state index >= 15 is 0 Å². The fourth-order valence-corrected chi connectivity index (χ4v) is 4.70. The molecular formula is C25H33N7O3. The Labute approximate surface area is 204 Å². The van der Waals surface area contributed by atoms with Crippen molar-refractivity contribution in [2.24, 2.45) is 0 Å². The molecule has 2 aliphatic heterocycles. The molecule has 1 aromatic carbocycles. The first-order valence-electron chi connectivity index (χ1n) is 12.6. The molecule has 2 aromatic heterocycles. The fourth-order valence-electron chi connectivity index (χ4n) is 4.70. The summed E-state index contributed by atoms with van der Waals surface area (Å²) >= 11 is 0. The van der Waals surface area contributed by atoms with Gasteiger partial charge in [-0.2, -0.15) is 10.1 Å². The Morgan fingerprint density at radius 3 is 2.51 bits per heavy atom. The van der Waals surface area contributed by atoms with Gasteiger partial charge in [-0.05, 0) is 49.9 Å². The number of H-pyrrole nitrogens is 1. The third kappa shape index (κ3) is 5.88. The molecule has 186 valence electrons. The van der Waals surface area contributed by atoms with Crippen LogP contribution < -0.4 is 20.5 Å². The number of aromatic nitrogens is 4. The van der Waals surface area contributed by atoms with Crippen LogP contribution >= 0.6 is 0 Å². The molecule has 3 N–H and O–H groups in total. The summed E-state index contributed by atoms with van der Waals surface area (Å²) in [5.41, 5.74) is 1.01. The number of piperidine rings is 1. The second-order valence-electron chi connectivity index (χ2n) is 9.30. The zero-order valence-electron chi connectivity index (χ0n) is 19.9. The molecule has 10 nitrogen and oxygen atoms in total. The van der Waals surface area contributed by atoms with Gasteiger partial charge in [0.2, 0.25) is 5.95 Å². The topological polar surface area (TPSA) is 120 Å². The van der Waals surface area contributed by atoms with E-state index in [-0.39, 0.29) is 11.7 Å². The van der Waals surface area contributed by atoms with Gasteiger partial charge in [0.1, 0.15) is 29.1 Å². The molecule has 35 heavy (non-hydrogen) atoms. The van der Waals surface area contributed by atoms with Gasteiger partial charge < -0.3 is 20.1 Å². The van der Waals surface area contributed by atoms with E-state index in [0.29, 0.717) is 29.3 Å². The van der Waals surface area contributed by atoms with E-state index in [1.54, 1.807) is 6.20 Å². The smallest absolute Gasteiger partial charge is 0.277 e. The van der Waals surface area contributed by atoms with Crippen LogP contribution in [0.1, 0.15) is 38.5 Å². The molecule has 0 radical (unpaired) electrons. The van der Waals surface area contributed by atoms with Gasteiger partial charge in [-0.3, -0.25) is 9.69 Å². The second-order valence-corrected chi connectivity index (χ2v) is 9.30. The van der Waals surface area contributed by atoms with Crippen LogP contribution in [0.15, 0.2) is 35.3 Å². The molecule has 0 aliphatic carbocycles. The third-order valence-corrected chi connectivity index (χ3v) is 6.74. The molecule has 0 amide bonds. The summed E-state index contributed by atoms with van der Waals surface area (Å²) in [5.74, 6) is 1.88. The summed E-state index contributed by atoms with van der Waals surface area (Å²) in [6.07, 6.45) is 7.72. The van der Waals surface area contributed by atoms with Crippen LogP contribution in [0.5, 0.6) is 5.75 Å². The van der Waals surface area contributed by atoms with Crippen molar-refractivity contribution in [3.8, 4) is 5.75 Å². The Morgan fingerprint density at radius 1 is 1.03 bits per heavy atom. The minimum absolute atomic E-state index is 0.161. The predicted octanol–water partition coefficient (Wildman–Crippen LogP) is 2.67. The van der Waals surface area contributed by atoms with Crippen LogP contribution in [0.4, 0.5) is 17.5 Å². The maximum Gasteiger partial charge on any atom is 0.277 e. The third-order valence-electron chi connectivity index (χ3n) is 6.74. The summed E-state index contributed by atoms with van der Waals surface area (Å²) in [5, 5.41) is 19.8. The van der Waals surface area contributed by atoms with Gasteiger partial charge in [0.05, 0.1) is 12.3 Å². The molecule has 0 saturated carbocycles. The van der Waals surface area contributed by atoms with Crippen LogP contribution in [-0.2, 0) is 0 Å². The molecule has 5 rings (SSSR count). The van der Waals surface area contributed by atoms with Crippen molar-refractivity contribution in [1.29, 1.82) is 0 Å². The largest absolute Gasteiger partial charge is 0.492 e. The van der Waals surface area contributed by atoms with Gasteiger partial charge in [0, 0.05) is 38.4 Å². The van der Waals surface area contributed by atoms with Crippen molar-refractivity contribution in [2.45, 2.75) is 44.6 Å². The number of benzene rings is 1. The molecule has 0 unspecified atom stereocenters. The average molecular weight is 480 g/mol. The number of nitrogens with zero attached hydrogens (tertiary/aromatic N) is 5. The number of rotatable bonds is 7. The van der Waals surface area contributed by atoms with Crippen LogP contribution in [0.25, 0.3) is 10.9 Å². The predicted molar refractivity (Wildman–Crippen MR) is 136 cm³/mol. The van der Waals surface area contributed by atoms with E-state index in [1.165, 1.54) is 12.8 Å². The van der Waals surface area contributed by atoms with Gasteiger partial charge in [-0.1, -0.05) is 12.8 Å². The lowest BCUT2D eigenvalue weighted by atomic mass is 10.1. The second kappa shape index (κ2) is 11.0. The van der Waals surface area contributed by atoms with Gasteiger partial charge in [0.25, 0.3) is 5.56 Å². The minimum atomic E-state index is -0.322. The number of aromatic amines is 1. The van der Waals surface area contributed by atoms with Gasteiger partial charge >= 0.3 is 0 Å². The highest BCUT2D eigenvalue weighted by Gasteiger charge is 2.18. The van der Waals surface area contributed by atoms with Crippen LogP contribution in [0, 0.1) is 0 Å². The standard InChI is InChI=1S/C25H33N7O3/c33-19-9-13-31(14-10-19)15-16-35-20-7-5-18(6-8-20)27-23-22-21(17-26-30-24(22)34)28-25(29-23)32-11-3-1-2-4-12-32/h5-8,17,19,33H,1-4,9-16H2,(H,30,34)(H,27,28,29). The summed E-state index contributed by atoms with van der Waals surface area (Å²) in [6.45, 7) is 5.08. The molecule has 2 saturated heterocycles. The van der Waals surface area contributed by atoms with E-state index in [9.17, 15) is 9.90 Å². The zero-order valence-corrected chi connectivity index (χ0v) is 19.9. The van der Waals surface area contributed by atoms with E-state index in [2.05, 4.69) is 30.3 Å². The number of aliphatic hydroxyl groups is 1. The molecule has 3 aromatic rings. The highest BCUT2D eigenvalue weighted by Crippen LogP contribution is 2.26. The van der Waals surface area contributed by atoms with Gasteiger partial charge in [-0.25, -0.2) is 10.1 Å². The molecule has 4 heterocycles. The Hall–Kier alpha value is -3.24. The SMILES string of the molecule is O=c1[nH]ncc2nc(N3CCCCCC3)nc(Nc3ccc(OCCN4CCC(O)CC4)cc3)c12. The fraction of sp³-hybridized carbons (Fsp3) is 0.520. The Bertz CT molecular complexity index is 1170. The van der Waals surface area contributed by atoms with Crippen molar-refractivity contribution in [3.05, 3.63) is 40.8 Å². The van der Waals surface area contributed by atoms with Gasteiger partial charge in [0.15, 0.2) is 0 Å². The lowest BCUT2D eigenvalue weighted by molar-refractivity contribution is 0.0755. The van der Waals surface area contributed by atoms with Gasteiger partial charge in [-0.15, -0.1) is 0 Å². The van der Waals surface area contributed by atoms with Crippen molar-refractivity contribution < 1.29 is 9.84 Å². The number of likely N-dealkylation sites (tertiary alicyclic amines) is 1. The molecule has 2 fully saturated rings. The zero-order chi connectivity index (χ0) is 24.0. The van der Waals surface area contributed by atoms with E-state index in [1.807, 2.05) is 24.3 Å². The average Bonchev–Trinajstić information content (AvgIpc) is 3.16. The van der Waals surface area contributed by atoms with E-state index in [0.717, 1.165) is 69.8 Å². The molecule has 0 bridgehead atoms. The summed E-state index contributed by atoms with van der Waals surface area (Å²) in [7, 11) is 0. The first-order valence-corrected chi connectivity index (χ1v) is 12.6. The first-order chi connectivity index (χ1) is 17.2. The monoisotopic (exact) mass is 479 g/mol. The number of hydrogen-bond acceptors (Lipinski definition) is 9. The van der Waals surface area contributed by atoms with E-state index < -0.39 is 0 Å². The normalized spacial score (nSPS) is 17.9. The molecule has 0 atom stereocenters. The summed E-state index contributed by atoms with van der Waals surface area (Å²) < 4.78 is 5.91. The number of hydrogen-bond donors (Lipinski definition) is 3. The minimum Gasteiger partial charge on any atom is -0.492 e. The maximum absolute atomic E-state index is 12.6. The number of fused-ring (bicyclic) bond motifs is 1. The lowest BCUT2D eigenvalue weighted by Crippen LogP contribution is -2.38. The van der Waals surface area contributed by atoms with Crippen LogP contribution in [0.3, 0.4) is 0 Å². The first kappa shape index (κ1) is 23.5. The highest BCUT2D eigenvalue weighted by atomic mass is 16.5. The number of nitrogens with one attached hydrogen (secondary N) is 2. The molecule has 2 aliphatic rings. The number of aliphatic hydroxyl groups excluding tert-OH is 1. The lowest BCUT2D eigenvalue weighted by Gasteiger charge is -2.29. The maximum atomic E-state index is 12.6. The highest BCUT2D eigenvalue weighted by molar-refractivity contribution is 5.90. The number of anilines is 3. The van der Waals surface area contributed by atoms with Crippen molar-refractivity contribution in [1.82, 2.24) is 25.1 Å². The Kier molecular flexibility index (Phi) is 7.39. The Morgan fingerprint density at radius 2 is 1.77 bits per heavy atom. The number of ether oxygens (including phenoxy) is 1. The quantitative estimate of drug-likeness (QED) is 0.470. The molecule has 10 heteroatoms. The van der Waals surface area contributed by atoms with E-state index in [4.69, 9.17) is 9.72 Å². The van der Waals surface area contributed by atoms with Crippen LogP contribution in [0.2, 0.25) is 0 Å². The van der Waals surface area contributed by atoms with Crippen molar-refractivity contribution >= 4 is 28.4 Å². The summed E-state index contributed by atoms with van der Waals surface area (Å²) in [6, 6.07) is 7.66. The van der Waals surface area contributed by atoms with Crippen molar-refractivity contribution in [2.75, 3.05) is 49.5 Å². The molecular weight excluding hydrogens is 446 g/mol. The van der Waals surface area contributed by atoms with Crippen LogP contribution in [-0.4, -0.2) is 75.6 Å².